The van der Waals surface area contributed by atoms with E-state index in [4.69, 9.17) is 18.6 Å². The van der Waals surface area contributed by atoms with Crippen LogP contribution in [0.25, 0.3) is 0 Å². The van der Waals surface area contributed by atoms with Gasteiger partial charge >= 0.3 is 11.9 Å². The molecule has 6 heteroatoms. The van der Waals surface area contributed by atoms with E-state index in [2.05, 4.69) is 6.92 Å². The quantitative estimate of drug-likeness (QED) is 0.567. The maximum atomic E-state index is 12.9. The predicted octanol–water partition coefficient (Wildman–Crippen LogP) is 2.63. The number of carbonyl (C=O) groups excluding carboxylic acids is 2. The van der Waals surface area contributed by atoms with Crippen LogP contribution >= 0.6 is 0 Å². The van der Waals surface area contributed by atoms with Gasteiger partial charge in [-0.2, -0.15) is 0 Å². The fraction of sp³-hybridized carbons (Fsp3) is 0.700. The third-order valence-corrected chi connectivity index (χ3v) is 7.99. The topological polar surface area (TPSA) is 78.3 Å². The molecule has 0 N–H and O–H groups in total. The van der Waals surface area contributed by atoms with E-state index in [0.29, 0.717) is 6.61 Å². The van der Waals surface area contributed by atoms with Crippen LogP contribution in [0.3, 0.4) is 0 Å². The predicted molar refractivity (Wildman–Crippen MR) is 86.6 cm³/mol. The minimum absolute atomic E-state index is 0.0734. The summed E-state index contributed by atoms with van der Waals surface area (Å²) in [5.74, 6) is -0.258. The van der Waals surface area contributed by atoms with Crippen molar-refractivity contribution >= 4 is 11.9 Å². The summed E-state index contributed by atoms with van der Waals surface area (Å²) in [6.07, 6.45) is 6.37. The molecule has 0 bridgehead atoms. The first kappa shape index (κ1) is 15.3. The zero-order valence-electron chi connectivity index (χ0n) is 14.7. The Morgan fingerprint density at radius 3 is 2.88 bits per heavy atom. The van der Waals surface area contributed by atoms with Gasteiger partial charge in [-0.3, -0.25) is 9.59 Å². The molecule has 0 amide bonds. The van der Waals surface area contributed by atoms with Gasteiger partial charge in [0.05, 0.1) is 43.2 Å². The number of ether oxygens (including phenoxy) is 3. The lowest BCUT2D eigenvalue weighted by atomic mass is 9.44. The first-order chi connectivity index (χ1) is 12.5. The van der Waals surface area contributed by atoms with E-state index in [1.165, 1.54) is 0 Å². The molecule has 6 nitrogen and oxygen atoms in total. The third-order valence-electron chi connectivity index (χ3n) is 7.99. The Morgan fingerprint density at radius 1 is 1.19 bits per heavy atom. The van der Waals surface area contributed by atoms with E-state index >= 15 is 0 Å². The first-order valence-electron chi connectivity index (χ1n) is 9.58. The lowest BCUT2D eigenvalue weighted by Crippen LogP contribution is -2.61. The number of rotatable bonds is 1. The summed E-state index contributed by atoms with van der Waals surface area (Å²) in [5.41, 5.74) is 0.456. The molecular formula is C20H22O6. The average molecular weight is 358 g/mol. The van der Waals surface area contributed by atoms with Crippen molar-refractivity contribution < 1.29 is 28.2 Å². The smallest absolute Gasteiger partial charge is 0.310 e. The Morgan fingerprint density at radius 2 is 2.08 bits per heavy atom. The van der Waals surface area contributed by atoms with Crippen molar-refractivity contribution in [1.82, 2.24) is 0 Å². The molecule has 1 spiro atoms. The van der Waals surface area contributed by atoms with Crippen LogP contribution < -0.4 is 0 Å². The van der Waals surface area contributed by atoms with E-state index < -0.39 is 0 Å². The molecule has 2 saturated carbocycles. The molecule has 3 aliphatic heterocycles. The second-order valence-corrected chi connectivity index (χ2v) is 9.03. The zero-order chi connectivity index (χ0) is 17.7. The molecule has 0 radical (unpaired) electrons. The van der Waals surface area contributed by atoms with Crippen LogP contribution in [0.2, 0.25) is 0 Å². The van der Waals surface area contributed by atoms with E-state index in [1.54, 1.807) is 12.5 Å². The lowest BCUT2D eigenvalue weighted by molar-refractivity contribution is -0.199. The molecule has 1 aromatic rings. The summed E-state index contributed by atoms with van der Waals surface area (Å²) < 4.78 is 22.6. The van der Waals surface area contributed by atoms with Crippen molar-refractivity contribution in [2.24, 2.45) is 28.6 Å². The lowest BCUT2D eigenvalue weighted by Gasteiger charge is -2.59. The maximum absolute atomic E-state index is 12.9. The molecule has 8 atom stereocenters. The number of esters is 2. The highest BCUT2D eigenvalue weighted by Crippen LogP contribution is 2.70. The highest BCUT2D eigenvalue weighted by Gasteiger charge is 2.74. The van der Waals surface area contributed by atoms with Gasteiger partial charge in [-0.05, 0) is 37.2 Å². The van der Waals surface area contributed by atoms with Gasteiger partial charge in [-0.15, -0.1) is 0 Å². The number of epoxide rings is 1. The third kappa shape index (κ3) is 1.71. The summed E-state index contributed by atoms with van der Waals surface area (Å²) >= 11 is 0. The largest absolute Gasteiger partial charge is 0.472 e. The Balaban J connectivity index is 1.44. The molecule has 5 aliphatic rings. The van der Waals surface area contributed by atoms with Crippen LogP contribution in [0.5, 0.6) is 0 Å². The maximum Gasteiger partial charge on any atom is 0.310 e. The van der Waals surface area contributed by atoms with Crippen molar-refractivity contribution in [3.63, 3.8) is 0 Å². The highest BCUT2D eigenvalue weighted by molar-refractivity contribution is 5.78. The number of furan rings is 1. The van der Waals surface area contributed by atoms with Crippen LogP contribution in [-0.4, -0.2) is 30.8 Å². The second kappa shape index (κ2) is 4.71. The Kier molecular flexibility index (Phi) is 2.77. The summed E-state index contributed by atoms with van der Waals surface area (Å²) in [6, 6.07) is 1.86. The molecule has 3 saturated heterocycles. The van der Waals surface area contributed by atoms with Gasteiger partial charge in [0.2, 0.25) is 0 Å². The van der Waals surface area contributed by atoms with Crippen LogP contribution in [0.15, 0.2) is 23.0 Å². The number of hydrogen-bond donors (Lipinski definition) is 0. The minimum atomic E-state index is -0.298. The normalized spacial score (nSPS) is 51.4. The van der Waals surface area contributed by atoms with Crippen LogP contribution in [0, 0.1) is 28.6 Å². The van der Waals surface area contributed by atoms with Gasteiger partial charge in [-0.1, -0.05) is 6.92 Å². The van der Waals surface area contributed by atoms with E-state index in [0.717, 1.165) is 31.2 Å². The van der Waals surface area contributed by atoms with Crippen molar-refractivity contribution in [3.8, 4) is 0 Å². The van der Waals surface area contributed by atoms with Crippen molar-refractivity contribution in [2.75, 3.05) is 6.61 Å². The van der Waals surface area contributed by atoms with Gasteiger partial charge in [-0.25, -0.2) is 0 Å². The molecule has 5 fully saturated rings. The highest BCUT2D eigenvalue weighted by atomic mass is 16.6. The second-order valence-electron chi connectivity index (χ2n) is 9.03. The van der Waals surface area contributed by atoms with Crippen LogP contribution in [-0.2, 0) is 23.8 Å². The molecular weight excluding hydrogens is 336 g/mol. The fourth-order valence-electron chi connectivity index (χ4n) is 6.83. The SMILES string of the molecule is C[C@]12C[C@H](c3ccoc3)OC(=O)[C@H]1CC[C@@]13COC(=O)[C@H]1C[C@@H]1O[C@@H]1[C@@H]23. The number of fused-ring (bicyclic) bond motifs is 4. The van der Waals surface area contributed by atoms with E-state index in [-0.39, 0.29) is 58.8 Å². The van der Waals surface area contributed by atoms with Gasteiger partial charge in [0.15, 0.2) is 0 Å². The van der Waals surface area contributed by atoms with Gasteiger partial charge in [0, 0.05) is 16.9 Å². The van der Waals surface area contributed by atoms with E-state index in [1.807, 2.05) is 6.07 Å². The standard InChI is InChI=1S/C20H22O6/c1-19-7-14(10-3-5-23-8-10)26-18(22)11(19)2-4-20-9-24-17(21)12(20)6-13-15(25-13)16(19)20/h3,5,8,11-16H,2,4,6-7,9H2,1H3/t11-,12-,13+,14-,15+,16+,19+,20-/m1/s1. The first-order valence-corrected chi connectivity index (χ1v) is 9.58. The molecule has 0 aromatic carbocycles. The number of hydrogen-bond acceptors (Lipinski definition) is 6. The monoisotopic (exact) mass is 358 g/mol. The summed E-state index contributed by atoms with van der Waals surface area (Å²) in [7, 11) is 0. The van der Waals surface area contributed by atoms with Gasteiger partial charge in [0.1, 0.15) is 6.10 Å². The Hall–Kier alpha value is -1.82. The summed E-state index contributed by atoms with van der Waals surface area (Å²) in [4.78, 5) is 25.3. The molecule has 2 aliphatic carbocycles. The van der Waals surface area contributed by atoms with Gasteiger partial charge < -0.3 is 18.6 Å². The van der Waals surface area contributed by atoms with Crippen molar-refractivity contribution in [3.05, 3.63) is 24.2 Å². The van der Waals surface area contributed by atoms with Crippen molar-refractivity contribution in [1.29, 1.82) is 0 Å². The fourth-order valence-corrected chi connectivity index (χ4v) is 6.83. The number of carbonyl (C=O) groups is 2. The van der Waals surface area contributed by atoms with Gasteiger partial charge in [0.25, 0.3) is 0 Å². The molecule has 1 aromatic heterocycles. The van der Waals surface area contributed by atoms with Crippen LogP contribution in [0.4, 0.5) is 0 Å². The molecule has 6 rings (SSSR count). The molecule has 26 heavy (non-hydrogen) atoms. The Labute approximate surface area is 151 Å². The van der Waals surface area contributed by atoms with E-state index in [9.17, 15) is 9.59 Å². The molecule has 4 heterocycles. The number of cyclic esters (lactones) is 2. The molecule has 0 unspecified atom stereocenters. The Bertz CT molecular complexity index is 786. The summed E-state index contributed by atoms with van der Waals surface area (Å²) in [5, 5.41) is 0. The van der Waals surface area contributed by atoms with Crippen LogP contribution in [0.1, 0.15) is 44.3 Å². The minimum Gasteiger partial charge on any atom is -0.472 e. The van der Waals surface area contributed by atoms with Crippen molar-refractivity contribution in [2.45, 2.75) is 50.9 Å². The average Bonchev–Trinajstić information content (AvgIpc) is 3.01. The molecule has 138 valence electrons. The summed E-state index contributed by atoms with van der Waals surface area (Å²) in [6.45, 7) is 2.68. The zero-order valence-corrected chi connectivity index (χ0v) is 14.7.